The number of nitrogens with one attached hydrogen (secondary N) is 2. The van der Waals surface area contributed by atoms with Crippen LogP contribution in [0.2, 0.25) is 0 Å². The molecule has 0 spiro atoms. The van der Waals surface area contributed by atoms with Crippen molar-refractivity contribution in [3.63, 3.8) is 0 Å². The van der Waals surface area contributed by atoms with Crippen molar-refractivity contribution in [2.24, 2.45) is 0 Å². The van der Waals surface area contributed by atoms with Crippen LogP contribution in [0.4, 0.5) is 0 Å². The molecule has 0 aromatic carbocycles. The van der Waals surface area contributed by atoms with Crippen molar-refractivity contribution in [2.45, 2.75) is 44.2 Å². The van der Waals surface area contributed by atoms with Gasteiger partial charge in [-0.15, -0.1) is 0 Å². The second-order valence-corrected chi connectivity index (χ2v) is 4.87. The maximum absolute atomic E-state index is 11.2. The molecule has 4 nitrogen and oxygen atoms in total. The topological polar surface area (TPSA) is 44.4 Å². The summed E-state index contributed by atoms with van der Waals surface area (Å²) in [5.41, 5.74) is 0. The third-order valence-electron chi connectivity index (χ3n) is 3.88. The highest BCUT2D eigenvalue weighted by molar-refractivity contribution is 5.75. The maximum Gasteiger partial charge on any atom is 0.221 e. The molecule has 0 aromatic rings. The van der Waals surface area contributed by atoms with Gasteiger partial charge in [-0.25, -0.2) is 0 Å². The Morgan fingerprint density at radius 2 is 2.31 bits per heavy atom. The van der Waals surface area contributed by atoms with Crippen molar-refractivity contribution in [3.05, 3.63) is 0 Å². The van der Waals surface area contributed by atoms with Crippen molar-refractivity contribution < 1.29 is 4.79 Å². The number of amides is 1. The van der Waals surface area contributed by atoms with E-state index in [2.05, 4.69) is 15.5 Å². The van der Waals surface area contributed by atoms with Crippen LogP contribution in [0.15, 0.2) is 0 Å². The SMILES string of the molecule is CNC(=O)CCN1CCCC1C1CCCN1. The fourth-order valence-corrected chi connectivity index (χ4v) is 3.00. The lowest BCUT2D eigenvalue weighted by atomic mass is 10.0. The van der Waals surface area contributed by atoms with Gasteiger partial charge in [0.05, 0.1) is 0 Å². The van der Waals surface area contributed by atoms with E-state index in [1.165, 1.54) is 38.8 Å². The molecule has 2 N–H and O–H groups in total. The van der Waals surface area contributed by atoms with Gasteiger partial charge in [0.1, 0.15) is 0 Å². The van der Waals surface area contributed by atoms with Gasteiger partial charge in [-0.3, -0.25) is 9.69 Å². The van der Waals surface area contributed by atoms with Gasteiger partial charge in [0.25, 0.3) is 0 Å². The Hall–Kier alpha value is -0.610. The number of hydrogen-bond donors (Lipinski definition) is 2. The third-order valence-corrected chi connectivity index (χ3v) is 3.88. The Balaban J connectivity index is 1.80. The quantitative estimate of drug-likeness (QED) is 0.725. The van der Waals surface area contributed by atoms with Crippen LogP contribution >= 0.6 is 0 Å². The highest BCUT2D eigenvalue weighted by Crippen LogP contribution is 2.24. The van der Waals surface area contributed by atoms with Crippen LogP contribution in [0.5, 0.6) is 0 Å². The minimum Gasteiger partial charge on any atom is -0.359 e. The summed E-state index contributed by atoms with van der Waals surface area (Å²) < 4.78 is 0. The number of nitrogens with zero attached hydrogens (tertiary/aromatic N) is 1. The van der Waals surface area contributed by atoms with Gasteiger partial charge in [-0.1, -0.05) is 0 Å². The minimum atomic E-state index is 0.157. The van der Waals surface area contributed by atoms with E-state index in [-0.39, 0.29) is 5.91 Å². The summed E-state index contributed by atoms with van der Waals surface area (Å²) in [6.45, 7) is 3.26. The highest BCUT2D eigenvalue weighted by atomic mass is 16.1. The molecule has 92 valence electrons. The highest BCUT2D eigenvalue weighted by Gasteiger charge is 2.32. The van der Waals surface area contributed by atoms with E-state index in [0.29, 0.717) is 18.5 Å². The first kappa shape index (κ1) is 11.9. The molecular formula is C12H23N3O. The molecule has 2 aliphatic heterocycles. The normalized spacial score (nSPS) is 30.8. The van der Waals surface area contributed by atoms with E-state index in [1.807, 2.05) is 0 Å². The fourth-order valence-electron chi connectivity index (χ4n) is 3.00. The van der Waals surface area contributed by atoms with Crippen molar-refractivity contribution in [1.29, 1.82) is 0 Å². The average Bonchev–Trinajstić information content (AvgIpc) is 2.95. The molecular weight excluding hydrogens is 202 g/mol. The average molecular weight is 225 g/mol. The molecule has 2 fully saturated rings. The molecule has 4 heteroatoms. The van der Waals surface area contributed by atoms with E-state index in [4.69, 9.17) is 0 Å². The molecule has 2 atom stereocenters. The Kier molecular flexibility index (Phi) is 4.18. The zero-order chi connectivity index (χ0) is 11.4. The number of likely N-dealkylation sites (tertiary alicyclic amines) is 1. The van der Waals surface area contributed by atoms with E-state index in [9.17, 15) is 4.79 Å². The van der Waals surface area contributed by atoms with Gasteiger partial charge in [0, 0.05) is 32.1 Å². The van der Waals surface area contributed by atoms with Crippen LogP contribution < -0.4 is 10.6 Å². The summed E-state index contributed by atoms with van der Waals surface area (Å²) in [6.07, 6.45) is 5.84. The molecule has 2 unspecified atom stereocenters. The largest absolute Gasteiger partial charge is 0.359 e. The smallest absolute Gasteiger partial charge is 0.221 e. The number of carbonyl (C=O) groups excluding carboxylic acids is 1. The molecule has 16 heavy (non-hydrogen) atoms. The molecule has 0 radical (unpaired) electrons. The van der Waals surface area contributed by atoms with Gasteiger partial charge in [-0.2, -0.15) is 0 Å². The molecule has 0 saturated carbocycles. The standard InChI is InChI=1S/C12H23N3O/c1-13-12(16)6-9-15-8-3-5-11(15)10-4-2-7-14-10/h10-11,14H,2-9H2,1H3,(H,13,16). The monoisotopic (exact) mass is 225 g/mol. The van der Waals surface area contributed by atoms with E-state index >= 15 is 0 Å². The zero-order valence-electron chi connectivity index (χ0n) is 10.2. The Labute approximate surface area is 97.8 Å². The lowest BCUT2D eigenvalue weighted by Crippen LogP contribution is -2.44. The lowest BCUT2D eigenvalue weighted by molar-refractivity contribution is -0.121. The minimum absolute atomic E-state index is 0.157. The number of hydrogen-bond acceptors (Lipinski definition) is 3. The summed E-state index contributed by atoms with van der Waals surface area (Å²) in [7, 11) is 1.71. The Morgan fingerprint density at radius 3 is 3.00 bits per heavy atom. The van der Waals surface area contributed by atoms with Crippen molar-refractivity contribution in [1.82, 2.24) is 15.5 Å². The van der Waals surface area contributed by atoms with Crippen LogP contribution in [-0.2, 0) is 4.79 Å². The van der Waals surface area contributed by atoms with Gasteiger partial charge in [-0.05, 0) is 38.8 Å². The van der Waals surface area contributed by atoms with Crippen LogP contribution in [0.1, 0.15) is 32.1 Å². The summed E-state index contributed by atoms with van der Waals surface area (Å²) in [5.74, 6) is 0.157. The van der Waals surface area contributed by atoms with Gasteiger partial charge in [0.15, 0.2) is 0 Å². The van der Waals surface area contributed by atoms with Crippen molar-refractivity contribution in [3.8, 4) is 0 Å². The molecule has 2 aliphatic rings. The number of carbonyl (C=O) groups is 1. The van der Waals surface area contributed by atoms with Crippen molar-refractivity contribution in [2.75, 3.05) is 26.7 Å². The van der Waals surface area contributed by atoms with Crippen LogP contribution in [0.25, 0.3) is 0 Å². The molecule has 2 heterocycles. The Bertz CT molecular complexity index is 238. The molecule has 2 rings (SSSR count). The fraction of sp³-hybridized carbons (Fsp3) is 0.917. The molecule has 0 aliphatic carbocycles. The number of rotatable bonds is 4. The predicted molar refractivity (Wildman–Crippen MR) is 64.3 cm³/mol. The third kappa shape index (κ3) is 2.74. The van der Waals surface area contributed by atoms with Gasteiger partial charge < -0.3 is 10.6 Å². The predicted octanol–water partition coefficient (Wildman–Crippen LogP) is 0.339. The van der Waals surface area contributed by atoms with E-state index < -0.39 is 0 Å². The first-order valence-electron chi connectivity index (χ1n) is 6.49. The summed E-state index contributed by atoms with van der Waals surface area (Å²) in [5, 5.41) is 6.28. The second kappa shape index (κ2) is 5.64. The summed E-state index contributed by atoms with van der Waals surface area (Å²) in [4.78, 5) is 13.7. The molecule has 1 amide bonds. The first-order chi connectivity index (χ1) is 7.81. The van der Waals surface area contributed by atoms with Gasteiger partial charge in [0.2, 0.25) is 5.91 Å². The van der Waals surface area contributed by atoms with Crippen LogP contribution in [0.3, 0.4) is 0 Å². The van der Waals surface area contributed by atoms with Crippen LogP contribution in [-0.4, -0.2) is 49.6 Å². The van der Waals surface area contributed by atoms with E-state index in [1.54, 1.807) is 7.05 Å². The Morgan fingerprint density at radius 1 is 1.44 bits per heavy atom. The van der Waals surface area contributed by atoms with Crippen molar-refractivity contribution >= 4 is 5.91 Å². The van der Waals surface area contributed by atoms with E-state index in [0.717, 1.165) is 6.54 Å². The summed E-state index contributed by atoms with van der Waals surface area (Å²) >= 11 is 0. The maximum atomic E-state index is 11.2. The zero-order valence-corrected chi connectivity index (χ0v) is 10.2. The van der Waals surface area contributed by atoms with Gasteiger partial charge >= 0.3 is 0 Å². The first-order valence-corrected chi connectivity index (χ1v) is 6.49. The molecule has 0 bridgehead atoms. The second-order valence-electron chi connectivity index (χ2n) is 4.87. The summed E-state index contributed by atoms with van der Waals surface area (Å²) in [6, 6.07) is 1.35. The van der Waals surface area contributed by atoms with Crippen LogP contribution in [0, 0.1) is 0 Å². The lowest BCUT2D eigenvalue weighted by Gasteiger charge is -2.29. The molecule has 2 saturated heterocycles. The molecule has 0 aromatic heterocycles.